The van der Waals surface area contributed by atoms with Crippen LogP contribution in [0.2, 0.25) is 0 Å². The molecule has 0 spiro atoms. The first kappa shape index (κ1) is 11.4. The van der Waals surface area contributed by atoms with Crippen LogP contribution < -0.4 is 5.43 Å². The van der Waals surface area contributed by atoms with Crippen LogP contribution in [0.1, 0.15) is 18.4 Å². The highest BCUT2D eigenvalue weighted by Crippen LogP contribution is 2.15. The molecule has 90 valence electrons. The second-order valence-corrected chi connectivity index (χ2v) is 3.87. The maximum Gasteiger partial charge on any atom is 0.428 e. The SMILES string of the molecule is CC(C(=O)NN1CCOC1=O)c1ccccc1. The monoisotopic (exact) mass is 234 g/mol. The number of cyclic esters (lactones) is 1. The van der Waals surface area contributed by atoms with Crippen LogP contribution in [0.25, 0.3) is 0 Å². The number of carbonyl (C=O) groups is 2. The van der Waals surface area contributed by atoms with Crippen molar-refractivity contribution in [3.8, 4) is 0 Å². The molecule has 1 aromatic rings. The van der Waals surface area contributed by atoms with Crippen molar-refractivity contribution in [2.45, 2.75) is 12.8 Å². The molecule has 1 heterocycles. The second kappa shape index (κ2) is 4.86. The molecule has 1 fully saturated rings. The molecular weight excluding hydrogens is 220 g/mol. The fourth-order valence-corrected chi connectivity index (χ4v) is 1.62. The Kier molecular flexibility index (Phi) is 3.27. The number of nitrogens with zero attached hydrogens (tertiary/aromatic N) is 1. The standard InChI is InChI=1S/C12H14N2O3/c1-9(10-5-3-2-4-6-10)11(15)13-14-7-8-17-12(14)16/h2-6,9H,7-8H2,1H3,(H,13,15). The van der Waals surface area contributed by atoms with Gasteiger partial charge in [0.2, 0.25) is 5.91 Å². The normalized spacial score (nSPS) is 16.5. The highest BCUT2D eigenvalue weighted by atomic mass is 16.6. The Bertz CT molecular complexity index is 419. The van der Waals surface area contributed by atoms with Crippen LogP contribution in [0.4, 0.5) is 4.79 Å². The molecule has 2 amide bonds. The average Bonchev–Trinajstić information content (AvgIpc) is 2.75. The smallest absolute Gasteiger partial charge is 0.428 e. The Balaban J connectivity index is 1.98. The third kappa shape index (κ3) is 2.55. The topological polar surface area (TPSA) is 58.6 Å². The molecule has 2 rings (SSSR count). The predicted molar refractivity (Wildman–Crippen MR) is 61.1 cm³/mol. The van der Waals surface area contributed by atoms with E-state index in [1.165, 1.54) is 5.01 Å². The third-order valence-electron chi connectivity index (χ3n) is 2.70. The lowest BCUT2D eigenvalue weighted by molar-refractivity contribution is -0.125. The fourth-order valence-electron chi connectivity index (χ4n) is 1.62. The van der Waals surface area contributed by atoms with Crippen LogP contribution >= 0.6 is 0 Å². The minimum Gasteiger partial charge on any atom is -0.446 e. The van der Waals surface area contributed by atoms with Crippen molar-refractivity contribution in [2.24, 2.45) is 0 Å². The summed E-state index contributed by atoms with van der Waals surface area (Å²) in [6.45, 7) is 2.51. The molecule has 0 bridgehead atoms. The molecule has 17 heavy (non-hydrogen) atoms. The molecule has 0 radical (unpaired) electrons. The lowest BCUT2D eigenvalue weighted by Crippen LogP contribution is -2.44. The van der Waals surface area contributed by atoms with E-state index in [0.717, 1.165) is 5.56 Å². The van der Waals surface area contributed by atoms with E-state index in [1.54, 1.807) is 6.92 Å². The average molecular weight is 234 g/mol. The van der Waals surface area contributed by atoms with Gasteiger partial charge in [0.15, 0.2) is 0 Å². The Hall–Kier alpha value is -2.04. The van der Waals surface area contributed by atoms with Gasteiger partial charge in [-0.15, -0.1) is 0 Å². The van der Waals surface area contributed by atoms with E-state index < -0.39 is 6.09 Å². The van der Waals surface area contributed by atoms with E-state index in [4.69, 9.17) is 4.74 Å². The number of rotatable bonds is 3. The molecule has 1 N–H and O–H groups in total. The van der Waals surface area contributed by atoms with Gasteiger partial charge >= 0.3 is 6.09 Å². The van der Waals surface area contributed by atoms with Gasteiger partial charge in [0.05, 0.1) is 12.5 Å². The Morgan fingerprint density at radius 1 is 1.41 bits per heavy atom. The number of amides is 2. The van der Waals surface area contributed by atoms with E-state index in [0.29, 0.717) is 13.2 Å². The van der Waals surface area contributed by atoms with Crippen LogP contribution in [0.15, 0.2) is 30.3 Å². The summed E-state index contributed by atoms with van der Waals surface area (Å²) in [5.74, 6) is -0.514. The van der Waals surface area contributed by atoms with Gasteiger partial charge in [-0.3, -0.25) is 10.2 Å². The van der Waals surface area contributed by atoms with E-state index in [9.17, 15) is 9.59 Å². The van der Waals surface area contributed by atoms with E-state index in [2.05, 4.69) is 5.43 Å². The lowest BCUT2D eigenvalue weighted by atomic mass is 10.0. The summed E-state index contributed by atoms with van der Waals surface area (Å²) < 4.78 is 4.72. The van der Waals surface area contributed by atoms with Gasteiger partial charge < -0.3 is 4.74 Å². The van der Waals surface area contributed by atoms with Crippen LogP contribution in [-0.4, -0.2) is 30.2 Å². The number of hydrogen-bond donors (Lipinski definition) is 1. The molecule has 1 saturated heterocycles. The summed E-state index contributed by atoms with van der Waals surface area (Å²) in [6.07, 6.45) is -0.501. The molecule has 1 aliphatic heterocycles. The highest BCUT2D eigenvalue weighted by Gasteiger charge is 2.26. The number of hydrazine groups is 1. The van der Waals surface area contributed by atoms with Crippen molar-refractivity contribution in [3.63, 3.8) is 0 Å². The maximum atomic E-state index is 11.9. The van der Waals surface area contributed by atoms with Crippen LogP contribution in [0.3, 0.4) is 0 Å². The minimum absolute atomic E-state index is 0.213. The molecule has 0 aliphatic carbocycles. The van der Waals surface area contributed by atoms with Crippen molar-refractivity contribution in [1.82, 2.24) is 10.4 Å². The third-order valence-corrected chi connectivity index (χ3v) is 2.70. The van der Waals surface area contributed by atoms with Crippen LogP contribution in [0.5, 0.6) is 0 Å². The molecule has 1 unspecified atom stereocenters. The molecule has 0 saturated carbocycles. The lowest BCUT2D eigenvalue weighted by Gasteiger charge is -2.17. The van der Waals surface area contributed by atoms with Gasteiger partial charge in [0, 0.05) is 0 Å². The van der Waals surface area contributed by atoms with Gasteiger partial charge in [-0.1, -0.05) is 30.3 Å². The van der Waals surface area contributed by atoms with Gasteiger partial charge in [-0.2, -0.15) is 0 Å². The number of ether oxygens (including phenoxy) is 1. The zero-order valence-electron chi connectivity index (χ0n) is 9.55. The van der Waals surface area contributed by atoms with Gasteiger partial charge in [-0.05, 0) is 12.5 Å². The highest BCUT2D eigenvalue weighted by molar-refractivity contribution is 5.85. The van der Waals surface area contributed by atoms with E-state index in [-0.39, 0.29) is 11.8 Å². The first-order valence-corrected chi connectivity index (χ1v) is 5.48. The largest absolute Gasteiger partial charge is 0.446 e. The molecule has 1 aromatic carbocycles. The van der Waals surface area contributed by atoms with Crippen LogP contribution in [-0.2, 0) is 9.53 Å². The minimum atomic E-state index is -0.501. The fraction of sp³-hybridized carbons (Fsp3) is 0.333. The van der Waals surface area contributed by atoms with Crippen LogP contribution in [0, 0.1) is 0 Å². The Morgan fingerprint density at radius 2 is 2.12 bits per heavy atom. The van der Waals surface area contributed by atoms with Gasteiger partial charge in [0.25, 0.3) is 0 Å². The molecule has 1 aliphatic rings. The summed E-state index contributed by atoms with van der Waals surface area (Å²) in [6, 6.07) is 9.41. The number of nitrogens with one attached hydrogen (secondary N) is 1. The number of benzene rings is 1. The number of carbonyl (C=O) groups excluding carboxylic acids is 2. The first-order chi connectivity index (χ1) is 8.18. The van der Waals surface area contributed by atoms with Crippen molar-refractivity contribution in [2.75, 3.05) is 13.2 Å². The van der Waals surface area contributed by atoms with Crippen molar-refractivity contribution < 1.29 is 14.3 Å². The quantitative estimate of drug-likeness (QED) is 0.856. The Morgan fingerprint density at radius 3 is 2.71 bits per heavy atom. The number of hydrogen-bond acceptors (Lipinski definition) is 3. The van der Waals surface area contributed by atoms with Gasteiger partial charge in [-0.25, -0.2) is 9.80 Å². The predicted octanol–water partition coefficient (Wildman–Crippen LogP) is 1.27. The summed E-state index contributed by atoms with van der Waals surface area (Å²) >= 11 is 0. The second-order valence-electron chi connectivity index (χ2n) is 3.87. The van der Waals surface area contributed by atoms with E-state index in [1.807, 2.05) is 30.3 Å². The maximum absolute atomic E-state index is 11.9. The van der Waals surface area contributed by atoms with Crippen molar-refractivity contribution >= 4 is 12.0 Å². The molecular formula is C12H14N2O3. The van der Waals surface area contributed by atoms with Crippen molar-refractivity contribution in [3.05, 3.63) is 35.9 Å². The first-order valence-electron chi connectivity index (χ1n) is 5.48. The van der Waals surface area contributed by atoms with Crippen molar-refractivity contribution in [1.29, 1.82) is 0 Å². The Labute approximate surface area is 99.3 Å². The summed E-state index contributed by atoms with van der Waals surface area (Å²) in [5.41, 5.74) is 3.46. The van der Waals surface area contributed by atoms with Gasteiger partial charge in [0.1, 0.15) is 6.61 Å². The summed E-state index contributed by atoms with van der Waals surface area (Å²) in [4.78, 5) is 23.0. The summed E-state index contributed by atoms with van der Waals surface area (Å²) in [7, 11) is 0. The zero-order chi connectivity index (χ0) is 12.3. The molecule has 5 heteroatoms. The molecule has 1 atom stereocenters. The molecule has 5 nitrogen and oxygen atoms in total. The van der Waals surface area contributed by atoms with E-state index >= 15 is 0 Å². The zero-order valence-corrected chi connectivity index (χ0v) is 9.55. The molecule has 0 aromatic heterocycles. The summed E-state index contributed by atoms with van der Waals surface area (Å²) in [5, 5.41) is 1.20.